The largest absolute Gasteiger partial charge is 0.436 e. The van der Waals surface area contributed by atoms with Crippen molar-refractivity contribution in [3.63, 3.8) is 0 Å². The molecule has 0 aliphatic rings. The van der Waals surface area contributed by atoms with E-state index in [2.05, 4.69) is 10.3 Å². The molecule has 0 radical (unpaired) electrons. The van der Waals surface area contributed by atoms with Crippen LogP contribution in [0.2, 0.25) is 0 Å². The number of rotatable bonds is 5. The minimum Gasteiger partial charge on any atom is -0.436 e. The lowest BCUT2D eigenvalue weighted by molar-refractivity contribution is 0.0886. The van der Waals surface area contributed by atoms with E-state index in [1.54, 1.807) is 13.8 Å². The lowest BCUT2D eigenvalue weighted by atomic mass is 10.1. The molecule has 1 amide bonds. The summed E-state index contributed by atoms with van der Waals surface area (Å²) in [6.07, 6.45) is 0.565. The molecule has 0 saturated heterocycles. The molecule has 2 aromatic rings. The number of hydrogen-bond acceptors (Lipinski definition) is 4. The molecule has 1 heterocycles. The van der Waals surface area contributed by atoms with Crippen molar-refractivity contribution >= 4 is 5.91 Å². The van der Waals surface area contributed by atoms with Gasteiger partial charge in [0.2, 0.25) is 5.76 Å². The number of hydrogen-bond donors (Lipinski definition) is 2. The van der Waals surface area contributed by atoms with E-state index in [1.165, 1.54) is 0 Å². The number of aliphatic hydroxyl groups excluding tert-OH is 1. The lowest BCUT2D eigenvalue weighted by Gasteiger charge is -2.15. The molecule has 5 nitrogen and oxygen atoms in total. The van der Waals surface area contributed by atoms with Crippen LogP contribution < -0.4 is 5.32 Å². The smallest absolute Gasteiger partial charge is 0.289 e. The summed E-state index contributed by atoms with van der Waals surface area (Å²) in [5.41, 5.74) is 1.61. The number of aryl methyl sites for hydroxylation is 2. The van der Waals surface area contributed by atoms with E-state index >= 15 is 0 Å². The molecule has 0 saturated carbocycles. The zero-order chi connectivity index (χ0) is 14.5. The number of carbonyl (C=O) groups excluding carboxylic acids is 1. The highest BCUT2D eigenvalue weighted by atomic mass is 16.4. The third-order valence-electron chi connectivity index (χ3n) is 2.99. The summed E-state index contributed by atoms with van der Waals surface area (Å²) < 4.78 is 5.27. The molecule has 5 heteroatoms. The number of nitrogens with zero attached hydrogens (tertiary/aromatic N) is 1. The van der Waals surface area contributed by atoms with E-state index in [0.717, 1.165) is 5.56 Å². The first kappa shape index (κ1) is 14.3. The van der Waals surface area contributed by atoms with Gasteiger partial charge >= 0.3 is 0 Å². The Morgan fingerprint density at radius 3 is 2.60 bits per heavy atom. The number of amides is 1. The van der Waals surface area contributed by atoms with Crippen LogP contribution in [0.15, 0.2) is 34.7 Å². The monoisotopic (exact) mass is 274 g/mol. The summed E-state index contributed by atoms with van der Waals surface area (Å²) in [6.45, 7) is 3.28. The highest BCUT2D eigenvalue weighted by Gasteiger charge is 2.19. The molecule has 1 atom stereocenters. The summed E-state index contributed by atoms with van der Waals surface area (Å²) in [5.74, 6) is 0.309. The van der Waals surface area contributed by atoms with Crippen LogP contribution in [-0.4, -0.2) is 28.6 Å². The van der Waals surface area contributed by atoms with Crippen LogP contribution in [-0.2, 0) is 6.42 Å². The first-order valence-corrected chi connectivity index (χ1v) is 6.50. The second-order valence-electron chi connectivity index (χ2n) is 4.69. The molecule has 0 bridgehead atoms. The first-order chi connectivity index (χ1) is 9.60. The molecule has 1 unspecified atom stereocenters. The fourth-order valence-corrected chi connectivity index (χ4v) is 2.05. The minimum atomic E-state index is -0.352. The maximum absolute atomic E-state index is 12.1. The number of nitrogens with one attached hydrogen (secondary N) is 1. The molecule has 1 aromatic heterocycles. The third-order valence-corrected chi connectivity index (χ3v) is 2.99. The van der Waals surface area contributed by atoms with Gasteiger partial charge in [0.05, 0.1) is 18.3 Å². The van der Waals surface area contributed by atoms with Crippen molar-refractivity contribution in [2.24, 2.45) is 0 Å². The van der Waals surface area contributed by atoms with Gasteiger partial charge in [0.15, 0.2) is 5.89 Å². The van der Waals surface area contributed by atoms with E-state index in [4.69, 9.17) is 4.42 Å². The topological polar surface area (TPSA) is 75.4 Å². The van der Waals surface area contributed by atoms with Crippen LogP contribution in [0.25, 0.3) is 0 Å². The van der Waals surface area contributed by atoms with Gasteiger partial charge in [-0.15, -0.1) is 0 Å². The molecule has 0 aliphatic heterocycles. The highest BCUT2D eigenvalue weighted by molar-refractivity contribution is 5.92. The number of benzene rings is 1. The molecule has 1 aromatic carbocycles. The number of aliphatic hydroxyl groups is 1. The van der Waals surface area contributed by atoms with Gasteiger partial charge in [0.1, 0.15) is 0 Å². The standard InChI is InChI=1S/C15H18N2O3/c1-10-14(20-11(2)16-10)15(19)17-13(9-18)8-12-6-4-3-5-7-12/h3-7,13,18H,8-9H2,1-2H3,(H,17,19). The van der Waals surface area contributed by atoms with Crippen molar-refractivity contribution < 1.29 is 14.3 Å². The summed E-state index contributed by atoms with van der Waals surface area (Å²) in [6, 6.07) is 9.34. The molecule has 2 rings (SSSR count). The van der Waals surface area contributed by atoms with Crippen molar-refractivity contribution in [2.45, 2.75) is 26.3 Å². The Morgan fingerprint density at radius 1 is 1.35 bits per heavy atom. The van der Waals surface area contributed by atoms with Crippen LogP contribution in [0, 0.1) is 13.8 Å². The summed E-state index contributed by atoms with van der Waals surface area (Å²) in [7, 11) is 0. The van der Waals surface area contributed by atoms with Gasteiger partial charge in [-0.25, -0.2) is 4.98 Å². The van der Waals surface area contributed by atoms with Gasteiger partial charge in [-0.3, -0.25) is 4.79 Å². The first-order valence-electron chi connectivity index (χ1n) is 6.50. The predicted octanol–water partition coefficient (Wildman–Crippen LogP) is 1.62. The summed E-state index contributed by atoms with van der Waals surface area (Å²) >= 11 is 0. The molecule has 0 fully saturated rings. The Hall–Kier alpha value is -2.14. The fraction of sp³-hybridized carbons (Fsp3) is 0.333. The Bertz CT molecular complexity index is 578. The van der Waals surface area contributed by atoms with Crippen molar-refractivity contribution in [1.82, 2.24) is 10.3 Å². The number of carbonyl (C=O) groups is 1. The van der Waals surface area contributed by atoms with Gasteiger partial charge in [0.25, 0.3) is 5.91 Å². The normalized spacial score (nSPS) is 12.2. The molecular weight excluding hydrogens is 256 g/mol. The zero-order valence-electron chi connectivity index (χ0n) is 11.6. The van der Waals surface area contributed by atoms with Crippen molar-refractivity contribution in [2.75, 3.05) is 6.61 Å². The Labute approximate surface area is 117 Å². The fourth-order valence-electron chi connectivity index (χ4n) is 2.05. The van der Waals surface area contributed by atoms with Crippen LogP contribution >= 0.6 is 0 Å². The van der Waals surface area contributed by atoms with E-state index < -0.39 is 0 Å². The highest BCUT2D eigenvalue weighted by Crippen LogP contribution is 2.10. The third kappa shape index (κ3) is 3.45. The van der Waals surface area contributed by atoms with E-state index in [1.807, 2.05) is 30.3 Å². The SMILES string of the molecule is Cc1nc(C)c(C(=O)NC(CO)Cc2ccccc2)o1. The summed E-state index contributed by atoms with van der Waals surface area (Å²) in [4.78, 5) is 16.1. The van der Waals surface area contributed by atoms with E-state index in [-0.39, 0.29) is 24.3 Å². The molecular formula is C15H18N2O3. The molecule has 0 spiro atoms. The van der Waals surface area contributed by atoms with Crippen molar-refractivity contribution in [1.29, 1.82) is 0 Å². The van der Waals surface area contributed by atoms with E-state index in [9.17, 15) is 9.90 Å². The molecule has 0 aliphatic carbocycles. The van der Waals surface area contributed by atoms with Gasteiger partial charge < -0.3 is 14.8 Å². The maximum Gasteiger partial charge on any atom is 0.289 e. The average Bonchev–Trinajstić information content (AvgIpc) is 2.78. The second kappa shape index (κ2) is 6.34. The average molecular weight is 274 g/mol. The Morgan fingerprint density at radius 2 is 2.05 bits per heavy atom. The second-order valence-corrected chi connectivity index (χ2v) is 4.69. The van der Waals surface area contributed by atoms with Crippen molar-refractivity contribution in [3.8, 4) is 0 Å². The van der Waals surface area contributed by atoms with Crippen LogP contribution in [0.3, 0.4) is 0 Å². The summed E-state index contributed by atoms with van der Waals surface area (Å²) in [5, 5.41) is 12.2. The molecule has 106 valence electrons. The number of aromatic nitrogens is 1. The molecule has 2 N–H and O–H groups in total. The lowest BCUT2D eigenvalue weighted by Crippen LogP contribution is -2.39. The van der Waals surface area contributed by atoms with Crippen LogP contribution in [0.4, 0.5) is 0 Å². The van der Waals surface area contributed by atoms with Gasteiger partial charge in [0, 0.05) is 6.92 Å². The van der Waals surface area contributed by atoms with Crippen LogP contribution in [0.1, 0.15) is 27.7 Å². The minimum absolute atomic E-state index is 0.132. The molecule has 20 heavy (non-hydrogen) atoms. The Kier molecular flexibility index (Phi) is 4.53. The Balaban J connectivity index is 2.03. The quantitative estimate of drug-likeness (QED) is 0.869. The zero-order valence-corrected chi connectivity index (χ0v) is 11.6. The predicted molar refractivity (Wildman–Crippen MR) is 74.5 cm³/mol. The van der Waals surface area contributed by atoms with Gasteiger partial charge in [-0.05, 0) is 18.9 Å². The van der Waals surface area contributed by atoms with E-state index in [0.29, 0.717) is 18.0 Å². The van der Waals surface area contributed by atoms with Gasteiger partial charge in [-0.1, -0.05) is 30.3 Å². The van der Waals surface area contributed by atoms with Crippen molar-refractivity contribution in [3.05, 3.63) is 53.2 Å². The van der Waals surface area contributed by atoms with Crippen LogP contribution in [0.5, 0.6) is 0 Å². The van der Waals surface area contributed by atoms with Gasteiger partial charge in [-0.2, -0.15) is 0 Å². The number of oxazole rings is 1. The maximum atomic E-state index is 12.1.